The third-order valence-corrected chi connectivity index (χ3v) is 2.81. The third-order valence-electron chi connectivity index (χ3n) is 0.646. The summed E-state index contributed by atoms with van der Waals surface area (Å²) >= 11 is 11.1. The van der Waals surface area contributed by atoms with Gasteiger partial charge in [0.2, 0.25) is 8.32 Å². The van der Waals surface area contributed by atoms with Crippen molar-refractivity contribution in [1.82, 2.24) is 0 Å². The molecule has 0 aromatic carbocycles. The zero-order chi connectivity index (χ0) is 8.20. The van der Waals surface area contributed by atoms with Gasteiger partial charge in [0, 0.05) is 0 Å². The maximum atomic E-state index is 5.56. The first-order chi connectivity index (χ1) is 4.42. The van der Waals surface area contributed by atoms with Gasteiger partial charge in [0.05, 0.1) is 6.26 Å². The first-order valence-corrected chi connectivity index (χ1v) is 10.6. The molecule has 1 nitrogen and oxygen atoms in total. The number of halogens is 2. The van der Waals surface area contributed by atoms with Gasteiger partial charge in [-0.25, -0.2) is 0 Å². The van der Waals surface area contributed by atoms with Crippen molar-refractivity contribution < 1.29 is 4.43 Å². The quantitative estimate of drug-likeness (QED) is 0.399. The van der Waals surface area contributed by atoms with E-state index in [2.05, 4.69) is 19.6 Å². The molecule has 0 spiro atoms. The van der Waals surface area contributed by atoms with Crippen LogP contribution in [0.15, 0.2) is 12.0 Å². The molecule has 10 heavy (non-hydrogen) atoms. The van der Waals surface area contributed by atoms with Crippen LogP contribution in [0.5, 0.6) is 0 Å². The van der Waals surface area contributed by atoms with Gasteiger partial charge in [0.15, 0.2) is 0 Å². The van der Waals surface area contributed by atoms with Crippen LogP contribution in [-0.2, 0) is 4.43 Å². The Morgan fingerprint density at radius 2 is 1.80 bits per heavy atom. The second-order valence-electron chi connectivity index (χ2n) is 2.89. The standard InChI is InChI=1S/C5H12Cl2OSi2/c1-10(2,3)8-4-5-9(6)7/h4-5,9H,1-3H3. The predicted molar refractivity (Wildman–Crippen MR) is 52.4 cm³/mol. The molecule has 0 aromatic rings. The SMILES string of the molecule is C[Si](C)(C)OC=C[SiH](Cl)Cl. The summed E-state index contributed by atoms with van der Waals surface area (Å²) < 4.78 is 5.36. The average molecular weight is 215 g/mol. The van der Waals surface area contributed by atoms with E-state index >= 15 is 0 Å². The maximum absolute atomic E-state index is 5.56. The summed E-state index contributed by atoms with van der Waals surface area (Å²) in [5.74, 6) is 0. The van der Waals surface area contributed by atoms with Gasteiger partial charge in [-0.05, 0) is 25.3 Å². The van der Waals surface area contributed by atoms with Crippen LogP contribution in [0.1, 0.15) is 0 Å². The summed E-state index contributed by atoms with van der Waals surface area (Å²) in [7, 11) is -3.00. The first kappa shape index (κ1) is 10.6. The van der Waals surface area contributed by atoms with Crippen LogP contribution in [0.4, 0.5) is 0 Å². The lowest BCUT2D eigenvalue weighted by atomic mass is 11.2. The highest BCUT2D eigenvalue weighted by Crippen LogP contribution is 2.04. The van der Waals surface area contributed by atoms with Crippen molar-refractivity contribution in [2.45, 2.75) is 19.6 Å². The van der Waals surface area contributed by atoms with Crippen LogP contribution in [0.3, 0.4) is 0 Å². The van der Waals surface area contributed by atoms with Gasteiger partial charge in [-0.1, -0.05) is 0 Å². The molecule has 0 saturated carbocycles. The van der Waals surface area contributed by atoms with Gasteiger partial charge < -0.3 is 4.43 Å². The molecule has 0 aliphatic carbocycles. The van der Waals surface area contributed by atoms with Crippen LogP contribution in [0.2, 0.25) is 19.6 Å². The number of hydrogen-bond acceptors (Lipinski definition) is 1. The Kier molecular flexibility index (Phi) is 4.68. The summed E-state index contributed by atoms with van der Waals surface area (Å²) in [5, 5.41) is 0. The molecular weight excluding hydrogens is 203 g/mol. The fourth-order valence-corrected chi connectivity index (χ4v) is 1.50. The fraction of sp³-hybridized carbons (Fsp3) is 0.600. The molecule has 0 aliphatic rings. The van der Waals surface area contributed by atoms with E-state index in [9.17, 15) is 0 Å². The van der Waals surface area contributed by atoms with E-state index in [0.717, 1.165) is 0 Å². The van der Waals surface area contributed by atoms with Crippen molar-refractivity contribution in [2.24, 2.45) is 0 Å². The summed E-state index contributed by atoms with van der Waals surface area (Å²) in [6.45, 7) is 6.32. The van der Waals surface area contributed by atoms with E-state index in [1.165, 1.54) is 0 Å². The molecule has 0 aliphatic heterocycles. The van der Waals surface area contributed by atoms with E-state index in [1.807, 2.05) is 0 Å². The molecule has 0 unspecified atom stereocenters. The Labute approximate surface area is 74.1 Å². The van der Waals surface area contributed by atoms with Gasteiger partial charge >= 0.3 is 0 Å². The van der Waals surface area contributed by atoms with Crippen LogP contribution in [0, 0.1) is 0 Å². The molecule has 0 aromatic heterocycles. The van der Waals surface area contributed by atoms with Crippen molar-refractivity contribution in [3.05, 3.63) is 12.0 Å². The molecule has 60 valence electrons. The van der Waals surface area contributed by atoms with E-state index < -0.39 is 15.7 Å². The summed E-state index contributed by atoms with van der Waals surface area (Å²) in [6, 6.07) is 0. The normalized spacial score (nSPS) is 13.0. The molecular formula is C5H12Cl2OSi2. The van der Waals surface area contributed by atoms with Gasteiger partial charge in [-0.15, -0.1) is 22.2 Å². The van der Waals surface area contributed by atoms with E-state index in [0.29, 0.717) is 0 Å². The highest BCUT2D eigenvalue weighted by molar-refractivity contribution is 7.36. The molecule has 0 N–H and O–H groups in total. The smallest absolute Gasteiger partial charge is 0.262 e. The van der Waals surface area contributed by atoms with Crippen molar-refractivity contribution in [2.75, 3.05) is 0 Å². The summed E-state index contributed by atoms with van der Waals surface area (Å²) in [4.78, 5) is 0. The maximum Gasteiger partial charge on any atom is 0.262 e. The molecule has 0 atom stereocenters. The van der Waals surface area contributed by atoms with Crippen molar-refractivity contribution >= 4 is 37.9 Å². The zero-order valence-corrected chi connectivity index (χ0v) is 10.1. The third kappa shape index (κ3) is 8.55. The lowest BCUT2D eigenvalue weighted by Gasteiger charge is -2.14. The average Bonchev–Trinajstić information content (AvgIpc) is 1.59. The molecule has 5 heteroatoms. The first-order valence-electron chi connectivity index (χ1n) is 3.04. The molecule has 0 bridgehead atoms. The van der Waals surface area contributed by atoms with Crippen LogP contribution < -0.4 is 0 Å². The Morgan fingerprint density at radius 1 is 1.30 bits per heavy atom. The highest BCUT2D eigenvalue weighted by atomic mass is 35.7. The Bertz CT molecular complexity index is 119. The topological polar surface area (TPSA) is 9.23 Å². The number of hydrogen-bond donors (Lipinski definition) is 0. The van der Waals surface area contributed by atoms with Gasteiger partial charge in [-0.3, -0.25) is 0 Å². The molecule has 0 amide bonds. The molecule has 0 radical (unpaired) electrons. The largest absolute Gasteiger partial charge is 0.550 e. The van der Waals surface area contributed by atoms with Gasteiger partial charge in [-0.2, -0.15) is 0 Å². The van der Waals surface area contributed by atoms with Gasteiger partial charge in [0.1, 0.15) is 0 Å². The molecule has 0 rings (SSSR count). The van der Waals surface area contributed by atoms with Crippen molar-refractivity contribution in [1.29, 1.82) is 0 Å². The van der Waals surface area contributed by atoms with E-state index in [4.69, 9.17) is 26.6 Å². The molecule has 0 fully saturated rings. The molecule has 0 heterocycles. The van der Waals surface area contributed by atoms with E-state index in [-0.39, 0.29) is 0 Å². The highest BCUT2D eigenvalue weighted by Gasteiger charge is 2.12. The van der Waals surface area contributed by atoms with Crippen LogP contribution in [0.25, 0.3) is 0 Å². The molecule has 0 saturated heterocycles. The Hall–Kier alpha value is 0.554. The van der Waals surface area contributed by atoms with Gasteiger partial charge in [0.25, 0.3) is 7.42 Å². The minimum atomic E-state index is -1.60. The van der Waals surface area contributed by atoms with Crippen LogP contribution in [-0.4, -0.2) is 15.7 Å². The van der Waals surface area contributed by atoms with Crippen molar-refractivity contribution in [3.8, 4) is 0 Å². The monoisotopic (exact) mass is 214 g/mol. The second kappa shape index (κ2) is 4.44. The Balaban J connectivity index is 3.54. The minimum absolute atomic E-state index is 1.41. The lowest BCUT2D eigenvalue weighted by molar-refractivity contribution is 0.480. The van der Waals surface area contributed by atoms with Crippen LogP contribution >= 0.6 is 22.2 Å². The second-order valence-corrected chi connectivity index (χ2v) is 11.9. The summed E-state index contributed by atoms with van der Waals surface area (Å²) in [6.07, 6.45) is 1.64. The minimum Gasteiger partial charge on any atom is -0.550 e. The fourth-order valence-electron chi connectivity index (χ4n) is 0.303. The van der Waals surface area contributed by atoms with E-state index in [1.54, 1.807) is 12.0 Å². The number of rotatable bonds is 3. The van der Waals surface area contributed by atoms with Crippen molar-refractivity contribution in [3.63, 3.8) is 0 Å². The summed E-state index contributed by atoms with van der Waals surface area (Å²) in [5.41, 5.74) is 1.75. The predicted octanol–water partition coefficient (Wildman–Crippen LogP) is 2.59. The lowest BCUT2D eigenvalue weighted by Crippen LogP contribution is -2.22. The zero-order valence-electron chi connectivity index (χ0n) is 6.40. The Morgan fingerprint density at radius 3 is 2.10 bits per heavy atom.